The Kier molecular flexibility index (Phi) is 11.4. The van der Waals surface area contributed by atoms with Crippen LogP contribution in [0.15, 0.2) is 146 Å². The van der Waals surface area contributed by atoms with Gasteiger partial charge in [-0.1, -0.05) is 65.5 Å². The first kappa shape index (κ1) is 33.4. The van der Waals surface area contributed by atoms with Crippen LogP contribution in [0.4, 0.5) is 0 Å². The third kappa shape index (κ3) is 8.08. The van der Waals surface area contributed by atoms with Crippen molar-refractivity contribution in [3.8, 4) is 33.8 Å². The minimum Gasteiger partial charge on any atom is -0.318 e. The van der Waals surface area contributed by atoms with Gasteiger partial charge in [0.15, 0.2) is 0 Å². The zero-order valence-electron chi connectivity index (χ0n) is 26.1. The topological polar surface area (TPSA) is 29.7 Å². The molecule has 0 bridgehead atoms. The third-order valence-electron chi connectivity index (χ3n) is 7.43. The van der Waals surface area contributed by atoms with Crippen LogP contribution in [0.25, 0.3) is 53.9 Å². The molecule has 0 fully saturated rings. The molecule has 0 saturated heterocycles. The normalized spacial score (nSPS) is 10.3. The summed E-state index contributed by atoms with van der Waals surface area (Å²) in [6.07, 6.45) is 1.83. The summed E-state index contributed by atoms with van der Waals surface area (Å²) in [6, 6.07) is 56.2. The van der Waals surface area contributed by atoms with Crippen LogP contribution in [0, 0.1) is 39.1 Å². The number of nitrogens with zero attached hydrogens (tertiary/aromatic N) is 3. The molecule has 0 N–H and O–H groups in total. The number of pyridine rings is 3. The Morgan fingerprint density at radius 1 is 0.617 bits per heavy atom. The number of aryl methyl sites for hydroxylation is 2. The molecule has 0 unspecified atom stereocenters. The van der Waals surface area contributed by atoms with Gasteiger partial charge < -0.3 is 14.5 Å². The van der Waals surface area contributed by atoms with Crippen molar-refractivity contribution in [3.63, 3.8) is 0 Å². The summed E-state index contributed by atoms with van der Waals surface area (Å²) in [5.74, 6) is 0. The maximum atomic E-state index is 4.44. The molecule has 4 aromatic carbocycles. The SMILES string of the molecule is Cc1cccc(-c2[c-]cccc2)n1.[CH2-][n+]1c(C)cccc1-c1[c-]cccc1.[Ir].[c-]1ccc2c(sc3ccccc32)c1-c1ccccn1. The van der Waals surface area contributed by atoms with E-state index in [-0.39, 0.29) is 20.1 Å². The summed E-state index contributed by atoms with van der Waals surface area (Å²) in [4.78, 5) is 8.86. The van der Waals surface area contributed by atoms with Gasteiger partial charge in [-0.3, -0.25) is 0 Å². The van der Waals surface area contributed by atoms with E-state index in [9.17, 15) is 0 Å². The van der Waals surface area contributed by atoms with Gasteiger partial charge in [0, 0.05) is 43.7 Å². The summed E-state index contributed by atoms with van der Waals surface area (Å²) in [5.41, 5.74) is 8.46. The molecular weight excluding hydrogens is 771 g/mol. The number of rotatable bonds is 3. The van der Waals surface area contributed by atoms with Crippen molar-refractivity contribution in [2.45, 2.75) is 13.8 Å². The number of thiophene rings is 1. The second-order valence-electron chi connectivity index (χ2n) is 10.6. The smallest absolute Gasteiger partial charge is 0.115 e. The maximum Gasteiger partial charge on any atom is 0.115 e. The predicted octanol–water partition coefficient (Wildman–Crippen LogP) is 10.2. The van der Waals surface area contributed by atoms with E-state index in [0.717, 1.165) is 45.2 Å². The number of benzene rings is 4. The monoisotopic (exact) mass is 803 g/mol. The molecule has 47 heavy (non-hydrogen) atoms. The van der Waals surface area contributed by atoms with E-state index in [2.05, 4.69) is 65.5 Å². The molecule has 0 spiro atoms. The van der Waals surface area contributed by atoms with Crippen molar-refractivity contribution in [1.82, 2.24) is 9.97 Å². The minimum atomic E-state index is 0. The van der Waals surface area contributed by atoms with Gasteiger partial charge in [-0.25, -0.2) is 0 Å². The predicted molar refractivity (Wildman–Crippen MR) is 191 cm³/mol. The van der Waals surface area contributed by atoms with Crippen molar-refractivity contribution in [1.29, 1.82) is 0 Å². The van der Waals surface area contributed by atoms with Gasteiger partial charge in [-0.05, 0) is 59.6 Å². The molecule has 0 saturated carbocycles. The Hall–Kier alpha value is -4.93. The average Bonchev–Trinajstić information content (AvgIpc) is 3.50. The van der Waals surface area contributed by atoms with Crippen LogP contribution in [0.3, 0.4) is 0 Å². The van der Waals surface area contributed by atoms with Gasteiger partial charge in [0.1, 0.15) is 5.69 Å². The summed E-state index contributed by atoms with van der Waals surface area (Å²) in [5, 5.41) is 2.61. The van der Waals surface area contributed by atoms with Gasteiger partial charge in [0.25, 0.3) is 0 Å². The van der Waals surface area contributed by atoms with Crippen LogP contribution >= 0.6 is 11.3 Å². The Morgan fingerprint density at radius 3 is 2.04 bits per heavy atom. The number of aromatic nitrogens is 3. The van der Waals surface area contributed by atoms with Crippen LogP contribution in [0.5, 0.6) is 0 Å². The van der Waals surface area contributed by atoms with Gasteiger partial charge in [0.05, 0.1) is 5.69 Å². The number of hydrogen-bond donors (Lipinski definition) is 0. The van der Waals surface area contributed by atoms with E-state index < -0.39 is 0 Å². The van der Waals surface area contributed by atoms with Crippen LogP contribution in [-0.4, -0.2) is 9.97 Å². The second kappa shape index (κ2) is 16.1. The van der Waals surface area contributed by atoms with Gasteiger partial charge in [0.2, 0.25) is 0 Å². The van der Waals surface area contributed by atoms with E-state index in [1.165, 1.54) is 20.2 Å². The zero-order chi connectivity index (χ0) is 31.7. The molecule has 0 aliphatic heterocycles. The third-order valence-corrected chi connectivity index (χ3v) is 8.63. The van der Waals surface area contributed by atoms with Crippen LogP contribution in [0.2, 0.25) is 0 Å². The first-order valence-electron chi connectivity index (χ1n) is 15.0. The Labute approximate surface area is 294 Å². The second-order valence-corrected chi connectivity index (χ2v) is 11.7. The van der Waals surface area contributed by atoms with E-state index in [0.29, 0.717) is 0 Å². The van der Waals surface area contributed by atoms with E-state index in [1.807, 2.05) is 145 Å². The molecule has 5 heteroatoms. The molecule has 0 amide bonds. The first-order valence-corrected chi connectivity index (χ1v) is 15.8. The molecule has 3 nitrogen and oxygen atoms in total. The Morgan fingerprint density at radius 2 is 1.32 bits per heavy atom. The molecule has 1 radical (unpaired) electrons. The molecule has 0 aliphatic carbocycles. The molecule has 8 rings (SSSR count). The molecule has 233 valence electrons. The summed E-state index contributed by atoms with van der Waals surface area (Å²) < 4.78 is 4.50. The summed E-state index contributed by atoms with van der Waals surface area (Å²) in [7, 11) is 3.99. The van der Waals surface area contributed by atoms with E-state index >= 15 is 0 Å². The quantitative estimate of drug-likeness (QED) is 0.132. The zero-order valence-corrected chi connectivity index (χ0v) is 29.4. The van der Waals surface area contributed by atoms with Crippen LogP contribution in [-0.2, 0) is 20.1 Å². The van der Waals surface area contributed by atoms with Crippen molar-refractivity contribution in [2.75, 3.05) is 0 Å². The van der Waals surface area contributed by atoms with Crippen molar-refractivity contribution >= 4 is 31.5 Å². The van der Waals surface area contributed by atoms with E-state index in [4.69, 9.17) is 0 Å². The minimum absolute atomic E-state index is 0. The van der Waals surface area contributed by atoms with Gasteiger partial charge >= 0.3 is 0 Å². The number of hydrogen-bond acceptors (Lipinski definition) is 3. The van der Waals surface area contributed by atoms with Crippen molar-refractivity contribution < 1.29 is 24.7 Å². The van der Waals surface area contributed by atoms with Crippen LogP contribution in [0.1, 0.15) is 11.4 Å². The summed E-state index contributed by atoms with van der Waals surface area (Å²) >= 11 is 1.81. The Bertz CT molecular complexity index is 2180. The molecule has 0 aliphatic rings. The van der Waals surface area contributed by atoms with Crippen molar-refractivity contribution in [3.05, 3.63) is 182 Å². The van der Waals surface area contributed by atoms with Crippen molar-refractivity contribution in [2.24, 2.45) is 0 Å². The molecule has 8 aromatic rings. The Balaban J connectivity index is 0.000000140. The fraction of sp³-hybridized carbons (Fsp3) is 0.0476. The average molecular weight is 803 g/mol. The maximum absolute atomic E-state index is 4.44. The fourth-order valence-corrected chi connectivity index (χ4v) is 6.28. The molecular formula is C42H32IrN3S-3. The number of fused-ring (bicyclic) bond motifs is 3. The van der Waals surface area contributed by atoms with Crippen LogP contribution < -0.4 is 4.57 Å². The standard InChI is InChI=1S/C17H10NS.C13H12N.C12H10N.Ir/c1-2-10-16-12(6-1)13-7-5-8-14(17(13)19-16)15-9-3-4-11-18-15;1-11-7-6-10-13(14(11)2)12-8-4-3-5-9-12;1-10-6-5-9-12(13-10)11-7-3-2-4-8-11;/h1-7,9-11H;3-8,10H,2H2,1H3;2-7,9H,1H3;/q3*-1;. The molecule has 4 aromatic heterocycles. The molecule has 4 heterocycles. The first-order chi connectivity index (χ1) is 22.6. The fourth-order valence-electron chi connectivity index (χ4n) is 5.07. The van der Waals surface area contributed by atoms with Gasteiger partial charge in [-0.15, -0.1) is 90.0 Å². The van der Waals surface area contributed by atoms with Gasteiger partial charge in [-0.2, -0.15) is 11.3 Å². The summed E-state index contributed by atoms with van der Waals surface area (Å²) in [6.45, 7) is 4.03. The van der Waals surface area contributed by atoms with E-state index in [1.54, 1.807) is 0 Å². The molecule has 0 atom stereocenters. The largest absolute Gasteiger partial charge is 0.318 e.